The summed E-state index contributed by atoms with van der Waals surface area (Å²) in [6.45, 7) is 5.94. The van der Waals surface area contributed by atoms with Gasteiger partial charge in [0.2, 0.25) is 0 Å². The molecule has 2 aromatic heterocycles. The SMILES string of the molecule is CC(C)C1CCC(n2cc(NC(=O)c3cccc4ccc(N5C[C@H]6C[C@@H]5CO6)nc34)c(C(F)F)n2)CC1. The van der Waals surface area contributed by atoms with Crippen LogP contribution in [0, 0.1) is 11.8 Å². The van der Waals surface area contributed by atoms with Gasteiger partial charge in [-0.05, 0) is 62.1 Å². The number of anilines is 2. The summed E-state index contributed by atoms with van der Waals surface area (Å²) in [5.74, 6) is 1.62. The third-order valence-corrected chi connectivity index (χ3v) is 8.42. The summed E-state index contributed by atoms with van der Waals surface area (Å²) in [7, 11) is 0. The normalized spacial score (nSPS) is 25.5. The van der Waals surface area contributed by atoms with Crippen LogP contribution in [0.25, 0.3) is 10.9 Å². The number of aromatic nitrogens is 3. The van der Waals surface area contributed by atoms with E-state index in [-0.39, 0.29) is 23.5 Å². The van der Waals surface area contributed by atoms with Gasteiger partial charge in [0, 0.05) is 18.1 Å². The Morgan fingerprint density at radius 2 is 1.92 bits per heavy atom. The molecule has 1 amide bonds. The minimum absolute atomic E-state index is 0.0631. The maximum atomic E-state index is 13.9. The highest BCUT2D eigenvalue weighted by molar-refractivity contribution is 6.12. The Morgan fingerprint density at radius 1 is 1.11 bits per heavy atom. The lowest BCUT2D eigenvalue weighted by atomic mass is 9.80. The molecule has 4 heterocycles. The van der Waals surface area contributed by atoms with Gasteiger partial charge in [0.05, 0.1) is 41.6 Å². The summed E-state index contributed by atoms with van der Waals surface area (Å²) >= 11 is 0. The van der Waals surface area contributed by atoms with Crippen molar-refractivity contribution in [2.24, 2.45) is 11.8 Å². The van der Waals surface area contributed by atoms with E-state index < -0.39 is 12.3 Å². The second-order valence-corrected chi connectivity index (χ2v) is 11.0. The standard InChI is InChI=1S/C28H33F2N5O2/c1-16(2)17-6-9-19(10-7-17)35-14-23(26(33-35)27(29)30)31-28(36)22-5-3-4-18-8-11-24(32-25(18)22)34-13-21-12-20(34)15-37-21/h3-5,8,11,14,16-17,19-21,27H,6-7,9-10,12-13,15H2,1-2H3,(H,31,36)/t17?,19?,20-,21-/m1/s1. The van der Waals surface area contributed by atoms with Gasteiger partial charge in [0.25, 0.3) is 12.3 Å². The molecule has 0 spiro atoms. The van der Waals surface area contributed by atoms with Gasteiger partial charge in [-0.15, -0.1) is 0 Å². The molecule has 0 radical (unpaired) electrons. The van der Waals surface area contributed by atoms with E-state index in [2.05, 4.69) is 29.2 Å². The fourth-order valence-corrected chi connectivity index (χ4v) is 6.23. The Kier molecular flexibility index (Phi) is 6.34. The van der Waals surface area contributed by atoms with E-state index in [4.69, 9.17) is 9.72 Å². The van der Waals surface area contributed by atoms with Gasteiger partial charge in [0.1, 0.15) is 5.82 Å². The van der Waals surface area contributed by atoms with Crippen molar-refractivity contribution in [1.82, 2.24) is 14.8 Å². The molecule has 1 aromatic carbocycles. The van der Waals surface area contributed by atoms with Crippen molar-refractivity contribution in [3.8, 4) is 0 Å². The van der Waals surface area contributed by atoms with Crippen molar-refractivity contribution in [3.63, 3.8) is 0 Å². The number of rotatable bonds is 6. The maximum Gasteiger partial charge on any atom is 0.284 e. The number of morpholine rings is 1. The zero-order chi connectivity index (χ0) is 25.7. The Hall–Kier alpha value is -3.07. The zero-order valence-corrected chi connectivity index (χ0v) is 21.2. The van der Waals surface area contributed by atoms with Crippen LogP contribution in [0.5, 0.6) is 0 Å². The molecule has 7 nitrogen and oxygen atoms in total. The van der Waals surface area contributed by atoms with Gasteiger partial charge in [-0.2, -0.15) is 5.10 Å². The fraction of sp³-hybridized carbons (Fsp3) is 0.536. The number of fused-ring (bicyclic) bond motifs is 3. The third kappa shape index (κ3) is 4.58. The Balaban J connectivity index is 1.25. The monoisotopic (exact) mass is 509 g/mol. The van der Waals surface area contributed by atoms with E-state index in [0.29, 0.717) is 35.6 Å². The Morgan fingerprint density at radius 3 is 2.59 bits per heavy atom. The molecule has 3 aliphatic rings. The van der Waals surface area contributed by atoms with Crippen LogP contribution in [0.2, 0.25) is 0 Å². The highest BCUT2D eigenvalue weighted by Gasteiger charge is 2.39. The summed E-state index contributed by atoms with van der Waals surface area (Å²) in [5, 5.41) is 7.77. The smallest absolute Gasteiger partial charge is 0.284 e. The topological polar surface area (TPSA) is 72.3 Å². The molecule has 196 valence electrons. The van der Waals surface area contributed by atoms with Crippen molar-refractivity contribution in [2.75, 3.05) is 23.4 Å². The molecule has 1 saturated carbocycles. The van der Waals surface area contributed by atoms with Crippen LogP contribution in [0.4, 0.5) is 20.3 Å². The average Bonchev–Trinajstić information content (AvgIpc) is 3.64. The Bertz CT molecular complexity index is 1300. The van der Waals surface area contributed by atoms with Crippen LogP contribution in [-0.2, 0) is 4.74 Å². The molecule has 0 unspecified atom stereocenters. The number of alkyl halides is 2. The molecule has 37 heavy (non-hydrogen) atoms. The number of halogens is 2. The molecule has 1 N–H and O–H groups in total. The molecule has 2 aliphatic heterocycles. The quantitative estimate of drug-likeness (QED) is 0.442. The molecule has 9 heteroatoms. The molecule has 6 rings (SSSR count). The average molecular weight is 510 g/mol. The van der Waals surface area contributed by atoms with E-state index in [1.807, 2.05) is 18.2 Å². The molecule has 3 fully saturated rings. The molecular formula is C28H33F2N5O2. The van der Waals surface area contributed by atoms with E-state index >= 15 is 0 Å². The Labute approximate surface area is 215 Å². The summed E-state index contributed by atoms with van der Waals surface area (Å²) in [4.78, 5) is 20.5. The van der Waals surface area contributed by atoms with Crippen molar-refractivity contribution < 1.29 is 18.3 Å². The molecular weight excluding hydrogens is 476 g/mol. The fourth-order valence-electron chi connectivity index (χ4n) is 6.23. The van der Waals surface area contributed by atoms with Gasteiger partial charge >= 0.3 is 0 Å². The lowest BCUT2D eigenvalue weighted by Crippen LogP contribution is -2.37. The predicted octanol–water partition coefficient (Wildman–Crippen LogP) is 5.99. The summed E-state index contributed by atoms with van der Waals surface area (Å²) in [5.41, 5.74) is 0.582. The predicted molar refractivity (Wildman–Crippen MR) is 138 cm³/mol. The first-order chi connectivity index (χ1) is 17.9. The molecule has 2 bridgehead atoms. The van der Waals surface area contributed by atoms with E-state index in [1.54, 1.807) is 23.0 Å². The second-order valence-electron chi connectivity index (χ2n) is 11.0. The summed E-state index contributed by atoms with van der Waals surface area (Å²) < 4.78 is 35.2. The number of carbonyl (C=O) groups is 1. The van der Waals surface area contributed by atoms with Gasteiger partial charge in [-0.25, -0.2) is 13.8 Å². The number of hydrogen-bond acceptors (Lipinski definition) is 5. The summed E-state index contributed by atoms with van der Waals surface area (Å²) in [6.07, 6.45) is 3.93. The van der Waals surface area contributed by atoms with Crippen LogP contribution in [0.15, 0.2) is 36.5 Å². The largest absolute Gasteiger partial charge is 0.374 e. The highest BCUT2D eigenvalue weighted by Crippen LogP contribution is 2.38. The number of nitrogens with one attached hydrogen (secondary N) is 1. The van der Waals surface area contributed by atoms with Crippen molar-refractivity contribution in [3.05, 3.63) is 47.8 Å². The van der Waals surface area contributed by atoms with Crippen LogP contribution >= 0.6 is 0 Å². The van der Waals surface area contributed by atoms with Crippen LogP contribution < -0.4 is 10.2 Å². The van der Waals surface area contributed by atoms with Crippen LogP contribution in [-0.4, -0.2) is 46.0 Å². The lowest BCUT2D eigenvalue weighted by molar-refractivity contribution is 0.0988. The molecule has 2 atom stereocenters. The lowest BCUT2D eigenvalue weighted by Gasteiger charge is -2.30. The first-order valence-electron chi connectivity index (χ1n) is 13.3. The highest BCUT2D eigenvalue weighted by atomic mass is 19.3. The molecule has 3 aromatic rings. The minimum Gasteiger partial charge on any atom is -0.374 e. The number of para-hydroxylation sites is 1. The van der Waals surface area contributed by atoms with Crippen molar-refractivity contribution in [1.29, 1.82) is 0 Å². The first kappa shape index (κ1) is 24.3. The van der Waals surface area contributed by atoms with Crippen molar-refractivity contribution >= 4 is 28.3 Å². The van der Waals surface area contributed by atoms with E-state index in [0.717, 1.165) is 49.9 Å². The van der Waals surface area contributed by atoms with Crippen molar-refractivity contribution in [2.45, 2.75) is 70.6 Å². The van der Waals surface area contributed by atoms with E-state index in [9.17, 15) is 13.6 Å². The number of carbonyl (C=O) groups excluding carboxylic acids is 1. The number of pyridine rings is 1. The second kappa shape index (κ2) is 9.67. The van der Waals surface area contributed by atoms with E-state index in [1.165, 1.54) is 0 Å². The first-order valence-corrected chi connectivity index (χ1v) is 13.3. The van der Waals surface area contributed by atoms with Gasteiger partial charge in [-0.3, -0.25) is 9.48 Å². The zero-order valence-electron chi connectivity index (χ0n) is 21.2. The third-order valence-electron chi connectivity index (χ3n) is 8.42. The minimum atomic E-state index is -2.78. The number of hydrogen-bond donors (Lipinski definition) is 1. The number of nitrogens with zero attached hydrogens (tertiary/aromatic N) is 4. The molecule has 1 aliphatic carbocycles. The number of amides is 1. The van der Waals surface area contributed by atoms with Crippen LogP contribution in [0.3, 0.4) is 0 Å². The van der Waals surface area contributed by atoms with Gasteiger partial charge in [0.15, 0.2) is 5.69 Å². The molecule has 2 saturated heterocycles. The maximum absolute atomic E-state index is 13.9. The van der Waals surface area contributed by atoms with Gasteiger partial charge < -0.3 is 15.0 Å². The number of ether oxygens (including phenoxy) is 1. The number of benzene rings is 1. The summed E-state index contributed by atoms with van der Waals surface area (Å²) in [6, 6.07) is 9.67. The van der Waals surface area contributed by atoms with Crippen LogP contribution in [0.1, 0.15) is 74.5 Å². The van der Waals surface area contributed by atoms with Gasteiger partial charge in [-0.1, -0.05) is 26.0 Å².